The Morgan fingerprint density at radius 2 is 0.687 bits per heavy atom. The summed E-state index contributed by atoms with van der Waals surface area (Å²) in [4.78, 5) is 215. The van der Waals surface area contributed by atoms with Crippen molar-refractivity contribution in [3.63, 3.8) is 0 Å². The number of nitro groups is 1. The number of nitro benzene ring substituents is 1. The zero-order valence-electron chi connectivity index (χ0n) is 89.9. The molecule has 0 saturated carbocycles. The van der Waals surface area contributed by atoms with Gasteiger partial charge in [0.1, 0.15) is 88.0 Å². The van der Waals surface area contributed by atoms with E-state index in [0.717, 1.165) is 11.1 Å². The minimum atomic E-state index is -1.21. The lowest BCUT2D eigenvalue weighted by molar-refractivity contribution is -0.385. The quantitative estimate of drug-likeness (QED) is 0.00372. The van der Waals surface area contributed by atoms with Gasteiger partial charge in [0.15, 0.2) is 11.5 Å². The van der Waals surface area contributed by atoms with Gasteiger partial charge in [-0.05, 0) is 253 Å². The van der Waals surface area contributed by atoms with Gasteiger partial charge in [-0.2, -0.15) is 5.10 Å². The number of carbonyl (C=O) groups is 16. The summed E-state index contributed by atoms with van der Waals surface area (Å²) in [5.41, 5.74) is 8.26. The Labute approximate surface area is 861 Å². The summed E-state index contributed by atoms with van der Waals surface area (Å²) < 4.78 is 42.5. The zero-order valence-corrected chi connectivity index (χ0v) is 89.9. The molecule has 147 heavy (non-hydrogen) atoms. The molecule has 1 unspecified atom stereocenters. The Hall–Kier alpha value is -14.2. The topological polar surface area (TPSA) is 633 Å². The van der Waals surface area contributed by atoms with Crippen LogP contribution < -0.4 is 106 Å². The first-order chi connectivity index (χ1) is 68.4. The lowest BCUT2D eigenvalue weighted by Crippen LogP contribution is -2.58. The molecule has 0 heterocycles. The molecular formula is C101H160N20O26. The molecule has 46 nitrogen and oxygen atoms in total. The van der Waals surface area contributed by atoms with Crippen molar-refractivity contribution >= 4 is 107 Å². The number of nitrogens with one attached hydrogen (secondary N) is 17. The van der Waals surface area contributed by atoms with Crippen molar-refractivity contribution in [1.82, 2.24) is 90.8 Å². The van der Waals surface area contributed by atoms with Crippen molar-refractivity contribution in [2.45, 2.75) is 350 Å². The lowest BCUT2D eigenvalue weighted by Gasteiger charge is -2.26. The fraction of sp³-hybridized carbons (Fsp3) is 0.594. The van der Waals surface area contributed by atoms with E-state index in [4.69, 9.17) is 43.7 Å². The minimum Gasteiger partial charge on any atom is -0.493 e. The second kappa shape index (κ2) is 63.9. The number of nitrogens with zero attached hydrogens (tertiary/aromatic N) is 2. The highest BCUT2D eigenvalue weighted by Gasteiger charge is 2.36. The Morgan fingerprint density at radius 1 is 0.381 bits per heavy atom. The van der Waals surface area contributed by atoms with Crippen LogP contribution in [0.2, 0.25) is 0 Å². The maximum absolute atomic E-state index is 14.0. The van der Waals surface area contributed by atoms with Gasteiger partial charge in [0.25, 0.3) is 23.4 Å². The number of hydrogen-bond acceptors (Lipinski definition) is 29. The van der Waals surface area contributed by atoms with E-state index >= 15 is 0 Å². The number of ether oxygens (including phenoxy) is 8. The molecule has 0 saturated heterocycles. The van der Waals surface area contributed by atoms with E-state index in [-0.39, 0.29) is 86.8 Å². The molecule has 0 aliphatic heterocycles. The number of nitrogens with two attached hydrogens (primary N) is 1. The van der Waals surface area contributed by atoms with Crippen LogP contribution in [0.5, 0.6) is 11.5 Å². The van der Waals surface area contributed by atoms with E-state index in [1.807, 2.05) is 36.4 Å². The summed E-state index contributed by atoms with van der Waals surface area (Å²) in [5, 5.41) is 50.2. The molecular weight excluding hydrogens is 1910 g/mol. The van der Waals surface area contributed by atoms with Crippen LogP contribution in [0.4, 0.5) is 34.5 Å². The predicted molar refractivity (Wildman–Crippen MR) is 550 cm³/mol. The van der Waals surface area contributed by atoms with E-state index < -0.39 is 189 Å². The fourth-order valence-corrected chi connectivity index (χ4v) is 12.8. The second-order valence-corrected chi connectivity index (χ2v) is 40.7. The molecule has 10 atom stereocenters. The third-order valence-electron chi connectivity index (χ3n) is 19.8. The molecule has 0 bridgehead atoms. The number of benzene rings is 4. The van der Waals surface area contributed by atoms with E-state index in [1.54, 1.807) is 200 Å². The number of hydrogen-bond donors (Lipinski definition) is 18. The van der Waals surface area contributed by atoms with Crippen molar-refractivity contribution in [3.05, 3.63) is 135 Å². The number of methoxy groups -OCH3 is 1. The third kappa shape index (κ3) is 58.5. The molecule has 820 valence electrons. The van der Waals surface area contributed by atoms with Crippen LogP contribution in [0.1, 0.15) is 265 Å². The fourth-order valence-electron chi connectivity index (χ4n) is 12.8. The smallest absolute Gasteiger partial charge is 0.408 e. The van der Waals surface area contributed by atoms with Crippen molar-refractivity contribution in [3.8, 4) is 11.5 Å². The molecule has 0 aromatic heterocycles. The summed E-state index contributed by atoms with van der Waals surface area (Å²) >= 11 is 0. The Balaban J connectivity index is 0.000000767. The number of rotatable bonds is 50. The maximum atomic E-state index is 14.0. The summed E-state index contributed by atoms with van der Waals surface area (Å²) in [7, 11) is 2.88. The average Bonchev–Trinajstić information content (AvgIpc) is 0.803. The first-order valence-corrected chi connectivity index (χ1v) is 48.8. The summed E-state index contributed by atoms with van der Waals surface area (Å²) in [6, 6.07) is 19.1. The van der Waals surface area contributed by atoms with E-state index in [0.29, 0.717) is 69.3 Å². The summed E-state index contributed by atoms with van der Waals surface area (Å²) in [6.45, 7) is 41.3. The Morgan fingerprint density at radius 3 is 0.980 bits per heavy atom. The predicted octanol–water partition coefficient (Wildman–Crippen LogP) is 9.13. The first kappa shape index (κ1) is 129. The molecule has 0 fully saturated rings. The van der Waals surface area contributed by atoms with Crippen LogP contribution in [0.3, 0.4) is 0 Å². The van der Waals surface area contributed by atoms with Crippen LogP contribution in [-0.4, -0.2) is 235 Å². The monoisotopic (exact) mass is 2070 g/mol. The highest BCUT2D eigenvalue weighted by molar-refractivity contribution is 5.97. The van der Waals surface area contributed by atoms with Crippen LogP contribution >= 0.6 is 0 Å². The standard InChI is InChI=1S/C42H64N8O12.C31H50N6O7.C28H46N6O7/c1-26(29-24-33(59-10)34(25-32(29)50(57)58)60-22-16-20-35(51)43-9)48-49-38(54)30(19-14-15-21-44-39(55)61-41(3,4)5)46-37(53)31(23-28-17-12-11-13-18-28)47-36(52)27(2)45-40(56)62-42(6,7)8;1-20(2)36-37-27(40)23(17-13-14-18-32-28(41)43-30(4,5)6)34-26(39)24(19-22-15-11-10-12-16-22)35-25(38)21(3)33-29(42)44-31(7,8)9;1-18(31-26(39)41-28(5,6)7)22(35)33-21(17-19-13-9-8-10-14-19)23(36)32-20(24(37)34-29)15-11-12-16-30-25(38)40-27(2,3)4/h11-13,17-18,24-27,30-31,48H,14-16,19-23H2,1-10H3,(H,43,51)(H,44,55)(H,45,56)(H,46,53)(H,47,52)(H,49,54);10-12,15-16,21,23-24H,13-14,17-19H2,1-9H3,(H,32,41)(H,33,42)(H,34,39)(H,35,38)(H,37,40);8-10,13-14,18,20-21H,11-12,15-17,29H2,1-7H3,(H,30,38)(H,31,39)(H,32,36)(H,33,35)(H,34,37)/t26?,27-,30-,31-;21-,23-,24-;18-,20-,21-/m000/s1. The summed E-state index contributed by atoms with van der Waals surface area (Å²) in [6.07, 6.45) is 0.0506. The minimum absolute atomic E-state index is 0.0281. The SMILES string of the molecule is CC(C)=NNC(=O)[C@H](CCCCNC(=O)OC(C)(C)C)NC(=O)[C@H](Cc1ccccc1)NC(=O)[C@H](C)NC(=O)OC(C)(C)C.CNC(=O)CCCOc1cc([N+](=O)[O-])c(C(C)NNC(=O)[C@H](CCCCNC(=O)OC(C)(C)C)NC(=O)[C@H](Cc2ccccc2)NC(=O)[C@H](C)NC(=O)OC(C)(C)C)cc1OC.C[C@H](NC(=O)OC(C)(C)C)C(=O)N[C@@H](Cc1ccccc1)C(=O)N[C@@H](CCCCNC(=O)OC(C)(C)C)C(=O)NN. The molecule has 19 N–H and O–H groups in total. The molecule has 16 amide bonds. The molecule has 46 heteroatoms. The van der Waals surface area contributed by atoms with Gasteiger partial charge in [-0.15, -0.1) is 0 Å². The number of alkyl carbamates (subject to hydrolysis) is 6. The van der Waals surface area contributed by atoms with Gasteiger partial charge in [0, 0.05) is 58.1 Å². The highest BCUT2D eigenvalue weighted by Crippen LogP contribution is 2.38. The van der Waals surface area contributed by atoms with Crippen molar-refractivity contribution in [1.29, 1.82) is 0 Å². The van der Waals surface area contributed by atoms with Crippen LogP contribution in [0, 0.1) is 10.1 Å². The van der Waals surface area contributed by atoms with Gasteiger partial charge in [0.2, 0.25) is 41.4 Å². The van der Waals surface area contributed by atoms with Crippen LogP contribution in [0.25, 0.3) is 0 Å². The van der Waals surface area contributed by atoms with E-state index in [1.165, 1.54) is 47.1 Å². The van der Waals surface area contributed by atoms with Gasteiger partial charge in [-0.1, -0.05) is 91.0 Å². The van der Waals surface area contributed by atoms with E-state index in [2.05, 4.69) is 95.9 Å². The molecule has 0 spiro atoms. The number of carbonyl (C=O) groups excluding carboxylic acids is 16. The normalized spacial score (nSPS) is 13.3. The van der Waals surface area contributed by atoms with Gasteiger partial charge in [-0.3, -0.25) is 68.9 Å². The van der Waals surface area contributed by atoms with Crippen LogP contribution in [-0.2, 0) is 95.6 Å². The third-order valence-corrected chi connectivity index (χ3v) is 19.8. The van der Waals surface area contributed by atoms with Crippen molar-refractivity contribution < 1.29 is 120 Å². The van der Waals surface area contributed by atoms with E-state index in [9.17, 15) is 86.8 Å². The van der Waals surface area contributed by atoms with Gasteiger partial charge >= 0.3 is 36.6 Å². The Bertz CT molecular complexity index is 4930. The van der Waals surface area contributed by atoms with Crippen molar-refractivity contribution in [2.24, 2.45) is 10.9 Å². The van der Waals surface area contributed by atoms with Gasteiger partial charge in [0.05, 0.1) is 36.3 Å². The zero-order chi connectivity index (χ0) is 111. The first-order valence-electron chi connectivity index (χ1n) is 48.8. The number of hydrazone groups is 1. The number of amides is 16. The van der Waals surface area contributed by atoms with Gasteiger partial charge in [-0.25, -0.2) is 45.5 Å². The highest BCUT2D eigenvalue weighted by atomic mass is 16.6. The average molecular weight is 2070 g/mol. The molecule has 0 radical (unpaired) electrons. The summed E-state index contributed by atoms with van der Waals surface area (Å²) in [5.74, 6) is -0.214. The lowest BCUT2D eigenvalue weighted by atomic mass is 10.0. The second-order valence-electron chi connectivity index (χ2n) is 40.7. The van der Waals surface area contributed by atoms with Crippen molar-refractivity contribution in [2.75, 3.05) is 40.4 Å². The maximum Gasteiger partial charge on any atom is 0.408 e. The number of hydrazine groups is 2. The Kier molecular flexibility index (Phi) is 56.0. The molecule has 0 aliphatic carbocycles. The molecule has 4 rings (SSSR count). The molecule has 4 aromatic carbocycles. The number of unbranched alkanes of at least 4 members (excludes halogenated alkanes) is 3. The molecule has 0 aliphatic rings. The molecule has 4 aromatic rings. The van der Waals surface area contributed by atoms with Gasteiger partial charge < -0.3 is 107 Å². The largest absolute Gasteiger partial charge is 0.493 e. The van der Waals surface area contributed by atoms with Crippen LogP contribution in [0.15, 0.2) is 108 Å².